The van der Waals surface area contributed by atoms with E-state index in [1.54, 1.807) is 13.0 Å². The molecule has 3 amide bonds. The van der Waals surface area contributed by atoms with E-state index in [1.807, 2.05) is 18.2 Å². The minimum Gasteiger partial charge on any atom is -0.341 e. The van der Waals surface area contributed by atoms with Crippen LogP contribution in [0.4, 0.5) is 4.79 Å². The number of hydrogen-bond donors (Lipinski definition) is 2. The Morgan fingerprint density at radius 3 is 2.59 bits per heavy atom. The van der Waals surface area contributed by atoms with Gasteiger partial charge in [0.25, 0.3) is 0 Å². The topological polar surface area (TPSA) is 58.2 Å². The lowest BCUT2D eigenvalue weighted by molar-refractivity contribution is -0.119. The molecule has 0 saturated heterocycles. The SMILES string of the molecule is CNC(=O)NC(=O)[C@@H](C)Sc1ccccc1Cl. The van der Waals surface area contributed by atoms with Crippen molar-refractivity contribution in [1.82, 2.24) is 10.6 Å². The predicted molar refractivity (Wildman–Crippen MR) is 69.4 cm³/mol. The van der Waals surface area contributed by atoms with Crippen molar-refractivity contribution in [2.24, 2.45) is 0 Å². The van der Waals surface area contributed by atoms with Gasteiger partial charge in [-0.2, -0.15) is 0 Å². The van der Waals surface area contributed by atoms with Crippen molar-refractivity contribution in [2.75, 3.05) is 7.05 Å². The molecule has 0 aromatic heterocycles. The maximum absolute atomic E-state index is 11.6. The Bertz CT molecular complexity index is 426. The molecule has 4 nitrogen and oxygen atoms in total. The lowest BCUT2D eigenvalue weighted by atomic mass is 10.4. The zero-order valence-corrected chi connectivity index (χ0v) is 11.1. The number of hydrogen-bond acceptors (Lipinski definition) is 3. The third-order valence-electron chi connectivity index (χ3n) is 1.97. The Labute approximate surface area is 109 Å². The van der Waals surface area contributed by atoms with Crippen molar-refractivity contribution in [3.05, 3.63) is 29.3 Å². The molecule has 92 valence electrons. The van der Waals surface area contributed by atoms with Gasteiger partial charge in [0.15, 0.2) is 0 Å². The smallest absolute Gasteiger partial charge is 0.321 e. The number of carbonyl (C=O) groups is 2. The van der Waals surface area contributed by atoms with Crippen LogP contribution in [-0.4, -0.2) is 24.2 Å². The lowest BCUT2D eigenvalue weighted by Crippen LogP contribution is -2.41. The van der Waals surface area contributed by atoms with Crippen LogP contribution in [0.2, 0.25) is 5.02 Å². The van der Waals surface area contributed by atoms with E-state index < -0.39 is 11.3 Å². The molecule has 17 heavy (non-hydrogen) atoms. The van der Waals surface area contributed by atoms with Crippen LogP contribution in [0.3, 0.4) is 0 Å². The predicted octanol–water partition coefficient (Wildman–Crippen LogP) is 2.28. The van der Waals surface area contributed by atoms with Crippen LogP contribution in [0.15, 0.2) is 29.2 Å². The van der Waals surface area contributed by atoms with Crippen LogP contribution in [0.5, 0.6) is 0 Å². The van der Waals surface area contributed by atoms with Gasteiger partial charge in [-0.15, -0.1) is 11.8 Å². The standard InChI is InChI=1S/C11H13ClN2O2S/c1-7(10(15)14-11(16)13-2)17-9-6-4-3-5-8(9)12/h3-7H,1-2H3,(H2,13,14,15,16)/t7-/m1/s1. The van der Waals surface area contributed by atoms with Crippen molar-refractivity contribution < 1.29 is 9.59 Å². The van der Waals surface area contributed by atoms with Crippen LogP contribution in [0.1, 0.15) is 6.92 Å². The molecule has 0 saturated carbocycles. The molecule has 1 atom stereocenters. The Kier molecular flexibility index (Phi) is 5.31. The number of thioether (sulfide) groups is 1. The van der Waals surface area contributed by atoms with Gasteiger partial charge >= 0.3 is 6.03 Å². The molecule has 1 aromatic carbocycles. The monoisotopic (exact) mass is 272 g/mol. The molecule has 1 aromatic rings. The first-order valence-corrected chi connectivity index (χ1v) is 6.24. The highest BCUT2D eigenvalue weighted by Crippen LogP contribution is 2.29. The van der Waals surface area contributed by atoms with E-state index in [0.29, 0.717) is 5.02 Å². The molecular weight excluding hydrogens is 260 g/mol. The highest BCUT2D eigenvalue weighted by Gasteiger charge is 2.17. The van der Waals surface area contributed by atoms with E-state index in [9.17, 15) is 9.59 Å². The van der Waals surface area contributed by atoms with Crippen LogP contribution in [-0.2, 0) is 4.79 Å². The Morgan fingerprint density at radius 1 is 1.35 bits per heavy atom. The van der Waals surface area contributed by atoms with Crippen LogP contribution in [0, 0.1) is 0 Å². The second-order valence-corrected chi connectivity index (χ2v) is 5.05. The average molecular weight is 273 g/mol. The maximum atomic E-state index is 11.6. The highest BCUT2D eigenvalue weighted by atomic mass is 35.5. The molecule has 0 unspecified atom stereocenters. The minimum absolute atomic E-state index is 0.353. The van der Waals surface area contributed by atoms with E-state index >= 15 is 0 Å². The first kappa shape index (κ1) is 13.9. The highest BCUT2D eigenvalue weighted by molar-refractivity contribution is 8.00. The Morgan fingerprint density at radius 2 is 2.00 bits per heavy atom. The zero-order chi connectivity index (χ0) is 12.8. The summed E-state index contributed by atoms with van der Waals surface area (Å²) >= 11 is 7.28. The molecule has 0 spiro atoms. The minimum atomic E-state index is -0.512. The summed E-state index contributed by atoms with van der Waals surface area (Å²) in [5.41, 5.74) is 0. The fourth-order valence-corrected chi connectivity index (χ4v) is 2.21. The van der Waals surface area contributed by atoms with Gasteiger partial charge in [0.1, 0.15) is 0 Å². The van der Waals surface area contributed by atoms with E-state index in [2.05, 4.69) is 10.6 Å². The summed E-state index contributed by atoms with van der Waals surface area (Å²) in [6, 6.07) is 6.74. The van der Waals surface area contributed by atoms with Crippen LogP contribution < -0.4 is 10.6 Å². The number of nitrogens with one attached hydrogen (secondary N) is 2. The second-order valence-electron chi connectivity index (χ2n) is 3.26. The molecule has 0 bridgehead atoms. The lowest BCUT2D eigenvalue weighted by Gasteiger charge is -2.11. The molecule has 0 aliphatic heterocycles. The third-order valence-corrected chi connectivity index (χ3v) is 3.59. The summed E-state index contributed by atoms with van der Waals surface area (Å²) in [5, 5.41) is 4.73. The fourth-order valence-electron chi connectivity index (χ4n) is 1.06. The van der Waals surface area contributed by atoms with E-state index in [-0.39, 0.29) is 5.91 Å². The Hall–Kier alpha value is -1.20. The summed E-state index contributed by atoms with van der Waals surface area (Å²) in [6.07, 6.45) is 0. The van der Waals surface area contributed by atoms with Crippen molar-refractivity contribution in [1.29, 1.82) is 0 Å². The first-order valence-electron chi connectivity index (χ1n) is 4.98. The molecule has 0 aliphatic carbocycles. The quantitative estimate of drug-likeness (QED) is 0.830. The van der Waals surface area contributed by atoms with Gasteiger partial charge in [-0.05, 0) is 19.1 Å². The summed E-state index contributed by atoms with van der Waals surface area (Å²) < 4.78 is 0. The normalized spacial score (nSPS) is 11.7. The summed E-state index contributed by atoms with van der Waals surface area (Å²) in [4.78, 5) is 23.4. The van der Waals surface area contributed by atoms with Gasteiger partial charge in [-0.3, -0.25) is 10.1 Å². The molecule has 1 rings (SSSR count). The molecule has 0 aliphatic rings. The zero-order valence-electron chi connectivity index (χ0n) is 9.49. The first-order chi connectivity index (χ1) is 8.04. The third kappa shape index (κ3) is 4.28. The largest absolute Gasteiger partial charge is 0.341 e. The van der Waals surface area contributed by atoms with E-state index in [0.717, 1.165) is 4.90 Å². The number of carbonyl (C=O) groups excluding carboxylic acids is 2. The molecule has 0 fully saturated rings. The van der Waals surface area contributed by atoms with Crippen molar-refractivity contribution in [2.45, 2.75) is 17.1 Å². The van der Waals surface area contributed by atoms with Crippen molar-refractivity contribution >= 4 is 35.3 Å². The van der Waals surface area contributed by atoms with Gasteiger partial charge < -0.3 is 5.32 Å². The van der Waals surface area contributed by atoms with Gasteiger partial charge in [-0.25, -0.2) is 4.79 Å². The van der Waals surface area contributed by atoms with Crippen LogP contribution >= 0.6 is 23.4 Å². The number of imide groups is 1. The van der Waals surface area contributed by atoms with Crippen molar-refractivity contribution in [3.63, 3.8) is 0 Å². The molecule has 0 heterocycles. The molecule has 6 heteroatoms. The fraction of sp³-hybridized carbons (Fsp3) is 0.273. The maximum Gasteiger partial charge on any atom is 0.321 e. The number of amides is 3. The van der Waals surface area contributed by atoms with Gasteiger partial charge in [-0.1, -0.05) is 23.7 Å². The van der Waals surface area contributed by atoms with Gasteiger partial charge in [0.05, 0.1) is 10.3 Å². The number of halogens is 1. The van der Waals surface area contributed by atoms with Gasteiger partial charge in [0.2, 0.25) is 5.91 Å². The molecule has 2 N–H and O–H groups in total. The second kappa shape index (κ2) is 6.51. The number of benzene rings is 1. The van der Waals surface area contributed by atoms with E-state index in [1.165, 1.54) is 18.8 Å². The molecule has 0 radical (unpaired) electrons. The average Bonchev–Trinajstić information content (AvgIpc) is 2.31. The Balaban J connectivity index is 2.60. The molecular formula is C11H13ClN2O2S. The summed E-state index contributed by atoms with van der Waals surface area (Å²) in [7, 11) is 1.45. The number of rotatable bonds is 3. The number of urea groups is 1. The summed E-state index contributed by atoms with van der Waals surface area (Å²) in [5.74, 6) is -0.353. The van der Waals surface area contributed by atoms with Crippen LogP contribution in [0.25, 0.3) is 0 Å². The van der Waals surface area contributed by atoms with E-state index in [4.69, 9.17) is 11.6 Å². The summed E-state index contributed by atoms with van der Waals surface area (Å²) in [6.45, 7) is 1.71. The van der Waals surface area contributed by atoms with Gasteiger partial charge in [0, 0.05) is 11.9 Å². The van der Waals surface area contributed by atoms with Crippen molar-refractivity contribution in [3.8, 4) is 0 Å².